The molecule has 0 saturated heterocycles. The summed E-state index contributed by atoms with van der Waals surface area (Å²) in [6, 6.07) is 9.01. The van der Waals surface area contributed by atoms with Gasteiger partial charge in [-0.15, -0.1) is 0 Å². The molecule has 0 N–H and O–H groups in total. The Balaban J connectivity index is 2.97. The smallest absolute Gasteiger partial charge is 0.165 e. The van der Waals surface area contributed by atoms with Gasteiger partial charge < -0.3 is 0 Å². The molecule has 1 aromatic carbocycles. The molecule has 2 nitrogen and oxygen atoms in total. The largest absolute Gasteiger partial charge is 0.299 e. The minimum atomic E-state index is -0.519. The van der Waals surface area contributed by atoms with Gasteiger partial charge in [0, 0.05) is 23.3 Å². The first-order valence-electron chi connectivity index (χ1n) is 7.87. The lowest BCUT2D eigenvalue weighted by Gasteiger charge is -2.29. The van der Waals surface area contributed by atoms with Crippen LogP contribution in [0.1, 0.15) is 51.4 Å². The number of ketones is 2. The summed E-state index contributed by atoms with van der Waals surface area (Å²) < 4.78 is 13.2. The molecule has 0 aliphatic rings. The van der Waals surface area contributed by atoms with Crippen LogP contribution in [0.25, 0.3) is 0 Å². The van der Waals surface area contributed by atoms with Crippen LogP contribution in [0.15, 0.2) is 30.3 Å². The van der Waals surface area contributed by atoms with E-state index < -0.39 is 12.1 Å². The maximum absolute atomic E-state index is 13.2. The van der Waals surface area contributed by atoms with Crippen LogP contribution in [0.4, 0.5) is 4.39 Å². The summed E-state index contributed by atoms with van der Waals surface area (Å²) in [5, 5.41) is 0. The Kier molecular flexibility index (Phi) is 6.46. The van der Waals surface area contributed by atoms with Gasteiger partial charge in [0.2, 0.25) is 0 Å². The number of Topliss-reactive ketones (excluding diaryl/α,β-unsaturated/α-hetero) is 2. The van der Waals surface area contributed by atoms with Gasteiger partial charge in [-0.3, -0.25) is 14.0 Å². The summed E-state index contributed by atoms with van der Waals surface area (Å²) in [6.07, 6.45) is 0.244. The number of carbonyl (C=O) groups excluding carboxylic acids is 2. The van der Waals surface area contributed by atoms with Crippen molar-refractivity contribution < 1.29 is 14.0 Å². The molecule has 0 aliphatic heterocycles. The SMILES string of the molecule is C[C@H](CF)[C@H](CC(=O)C(C)(C)C)[C@H](C)C(=O)c1ccccc1. The maximum Gasteiger partial charge on any atom is 0.165 e. The summed E-state index contributed by atoms with van der Waals surface area (Å²) >= 11 is 0. The van der Waals surface area contributed by atoms with E-state index in [4.69, 9.17) is 0 Å². The number of halogens is 1. The molecule has 3 atom stereocenters. The van der Waals surface area contributed by atoms with Gasteiger partial charge in [0.25, 0.3) is 0 Å². The van der Waals surface area contributed by atoms with Crippen molar-refractivity contribution in [3.8, 4) is 0 Å². The van der Waals surface area contributed by atoms with Gasteiger partial charge in [-0.25, -0.2) is 0 Å². The Bertz CT molecular complexity index is 502. The molecule has 1 aromatic rings. The van der Waals surface area contributed by atoms with Gasteiger partial charge in [0.05, 0.1) is 6.67 Å². The molecule has 0 amide bonds. The molecule has 0 heterocycles. The number of carbonyl (C=O) groups is 2. The van der Waals surface area contributed by atoms with Crippen LogP contribution in [0.5, 0.6) is 0 Å². The van der Waals surface area contributed by atoms with Crippen molar-refractivity contribution in [1.29, 1.82) is 0 Å². The third-order valence-corrected chi connectivity index (χ3v) is 4.35. The van der Waals surface area contributed by atoms with E-state index in [1.54, 1.807) is 19.1 Å². The molecule has 1 rings (SSSR count). The molecule has 0 fully saturated rings. The van der Waals surface area contributed by atoms with Gasteiger partial charge in [-0.2, -0.15) is 0 Å². The molecule has 22 heavy (non-hydrogen) atoms. The van der Waals surface area contributed by atoms with Gasteiger partial charge in [-0.1, -0.05) is 65.0 Å². The van der Waals surface area contributed by atoms with Crippen molar-refractivity contribution >= 4 is 11.6 Å². The number of rotatable bonds is 7. The minimum absolute atomic E-state index is 0.0207. The quantitative estimate of drug-likeness (QED) is 0.682. The predicted molar refractivity (Wildman–Crippen MR) is 87.6 cm³/mol. The first-order valence-corrected chi connectivity index (χ1v) is 7.87. The predicted octanol–water partition coefficient (Wildman–Crippen LogP) is 4.73. The minimum Gasteiger partial charge on any atom is -0.299 e. The van der Waals surface area contributed by atoms with Crippen LogP contribution >= 0.6 is 0 Å². The Morgan fingerprint density at radius 2 is 1.64 bits per heavy atom. The first kappa shape index (κ1) is 18.5. The number of hydrogen-bond acceptors (Lipinski definition) is 2. The highest BCUT2D eigenvalue weighted by molar-refractivity contribution is 5.98. The van der Waals surface area contributed by atoms with E-state index in [9.17, 15) is 14.0 Å². The Labute approximate surface area is 133 Å². The molecule has 0 aromatic heterocycles. The normalized spacial score (nSPS) is 15.9. The second-order valence-electron chi connectivity index (χ2n) is 7.19. The van der Waals surface area contributed by atoms with Crippen LogP contribution in [0.3, 0.4) is 0 Å². The number of benzene rings is 1. The topological polar surface area (TPSA) is 34.1 Å². The molecule has 122 valence electrons. The molecule has 3 heteroatoms. The summed E-state index contributed by atoms with van der Waals surface area (Å²) in [5.41, 5.74) is 0.151. The van der Waals surface area contributed by atoms with E-state index in [1.165, 1.54) is 0 Å². The van der Waals surface area contributed by atoms with Crippen molar-refractivity contribution in [2.45, 2.75) is 41.0 Å². The second kappa shape index (κ2) is 7.66. The fraction of sp³-hybridized carbons (Fsp3) is 0.579. The third-order valence-electron chi connectivity index (χ3n) is 4.35. The number of alkyl halides is 1. The molecule has 0 unspecified atom stereocenters. The Morgan fingerprint density at radius 3 is 2.09 bits per heavy atom. The molecule has 0 radical (unpaired) electrons. The molecular weight excluding hydrogens is 279 g/mol. The summed E-state index contributed by atoms with van der Waals surface area (Å²) in [4.78, 5) is 24.9. The van der Waals surface area contributed by atoms with Crippen molar-refractivity contribution in [3.63, 3.8) is 0 Å². The van der Waals surface area contributed by atoms with Crippen LogP contribution in [-0.2, 0) is 4.79 Å². The van der Waals surface area contributed by atoms with E-state index in [2.05, 4.69) is 0 Å². The summed E-state index contributed by atoms with van der Waals surface area (Å²) in [6.45, 7) is 8.63. The lowest BCUT2D eigenvalue weighted by atomic mass is 9.74. The Hall–Kier alpha value is -1.51. The van der Waals surface area contributed by atoms with E-state index in [0.717, 1.165) is 0 Å². The molecule has 0 saturated carbocycles. The lowest BCUT2D eigenvalue weighted by Crippen LogP contribution is -2.33. The van der Waals surface area contributed by atoms with Crippen molar-refractivity contribution in [3.05, 3.63) is 35.9 Å². The van der Waals surface area contributed by atoms with Crippen LogP contribution in [0, 0.1) is 23.2 Å². The average molecular weight is 306 g/mol. The zero-order valence-corrected chi connectivity index (χ0v) is 14.2. The monoisotopic (exact) mass is 306 g/mol. The van der Waals surface area contributed by atoms with Crippen LogP contribution in [-0.4, -0.2) is 18.2 Å². The summed E-state index contributed by atoms with van der Waals surface area (Å²) in [5.74, 6) is -0.907. The first-order chi connectivity index (χ1) is 10.2. The van der Waals surface area contributed by atoms with Crippen molar-refractivity contribution in [2.75, 3.05) is 6.67 Å². The van der Waals surface area contributed by atoms with Crippen LogP contribution in [0.2, 0.25) is 0 Å². The van der Waals surface area contributed by atoms with Crippen molar-refractivity contribution in [1.82, 2.24) is 0 Å². The maximum atomic E-state index is 13.2. The highest BCUT2D eigenvalue weighted by atomic mass is 19.1. The van der Waals surface area contributed by atoms with Gasteiger partial charge >= 0.3 is 0 Å². The van der Waals surface area contributed by atoms with Crippen LogP contribution < -0.4 is 0 Å². The van der Waals surface area contributed by atoms with Crippen molar-refractivity contribution in [2.24, 2.45) is 23.2 Å². The van der Waals surface area contributed by atoms with Gasteiger partial charge in [0.1, 0.15) is 5.78 Å². The second-order valence-corrected chi connectivity index (χ2v) is 7.19. The zero-order valence-electron chi connectivity index (χ0n) is 14.2. The van der Waals surface area contributed by atoms with E-state index in [1.807, 2.05) is 45.9 Å². The third kappa shape index (κ3) is 4.75. The van der Waals surface area contributed by atoms with Gasteiger partial charge in [-0.05, 0) is 11.8 Å². The molecule has 0 spiro atoms. The highest BCUT2D eigenvalue weighted by Gasteiger charge is 2.34. The lowest BCUT2D eigenvalue weighted by molar-refractivity contribution is -0.128. The molecule has 0 aliphatic carbocycles. The van der Waals surface area contributed by atoms with E-state index in [0.29, 0.717) is 5.56 Å². The van der Waals surface area contributed by atoms with E-state index >= 15 is 0 Å². The van der Waals surface area contributed by atoms with E-state index in [-0.39, 0.29) is 35.7 Å². The summed E-state index contributed by atoms with van der Waals surface area (Å²) in [7, 11) is 0. The highest BCUT2D eigenvalue weighted by Crippen LogP contribution is 2.31. The molecular formula is C19H27FO2. The zero-order chi connectivity index (χ0) is 16.9. The standard InChI is InChI=1S/C19H27FO2/c1-13(12-20)16(11-17(21)19(3,4)5)14(2)18(22)15-9-7-6-8-10-15/h6-10,13-14,16H,11-12H2,1-5H3/t13-,14+,16+/m1/s1. The van der Waals surface area contributed by atoms with Gasteiger partial charge in [0.15, 0.2) is 5.78 Å². The number of hydrogen-bond donors (Lipinski definition) is 0. The average Bonchev–Trinajstić information content (AvgIpc) is 2.50. The molecule has 0 bridgehead atoms. The fourth-order valence-corrected chi connectivity index (χ4v) is 2.57. The fourth-order valence-electron chi connectivity index (χ4n) is 2.57. The Morgan fingerprint density at radius 1 is 1.09 bits per heavy atom.